The maximum Gasteiger partial charge on any atom is 0.217 e. The third kappa shape index (κ3) is 2.20. The second-order valence-electron chi connectivity index (χ2n) is 3.43. The highest BCUT2D eigenvalue weighted by molar-refractivity contribution is 5.35. The Morgan fingerprint density at radius 1 is 1.46 bits per heavy atom. The molecular formula is C11H17NO. The lowest BCUT2D eigenvalue weighted by Crippen LogP contribution is -2.02. The van der Waals surface area contributed by atoms with Crippen molar-refractivity contribution in [3.8, 4) is 5.88 Å². The van der Waals surface area contributed by atoms with Crippen LogP contribution in [0, 0.1) is 6.92 Å². The quantitative estimate of drug-likeness (QED) is 0.711. The normalized spacial score (nSPS) is 10.5. The average molecular weight is 179 g/mol. The number of pyridine rings is 1. The minimum absolute atomic E-state index is 0.468. The summed E-state index contributed by atoms with van der Waals surface area (Å²) in [5.41, 5.74) is 2.48. The van der Waals surface area contributed by atoms with Crippen LogP contribution in [0.4, 0.5) is 0 Å². The first kappa shape index (κ1) is 10.0. The van der Waals surface area contributed by atoms with Gasteiger partial charge in [-0.15, -0.1) is 0 Å². The summed E-state index contributed by atoms with van der Waals surface area (Å²) in [6.45, 7) is 9.07. The van der Waals surface area contributed by atoms with Gasteiger partial charge < -0.3 is 4.74 Å². The highest BCUT2D eigenvalue weighted by atomic mass is 16.5. The van der Waals surface area contributed by atoms with Gasteiger partial charge in [-0.05, 0) is 31.4 Å². The van der Waals surface area contributed by atoms with Crippen molar-refractivity contribution in [3.05, 3.63) is 23.4 Å². The average Bonchev–Trinajstić information content (AvgIpc) is 2.04. The van der Waals surface area contributed by atoms with E-state index in [4.69, 9.17) is 4.74 Å². The Labute approximate surface area is 80.0 Å². The summed E-state index contributed by atoms with van der Waals surface area (Å²) in [4.78, 5) is 4.23. The molecule has 1 aromatic rings. The molecule has 0 aliphatic heterocycles. The summed E-state index contributed by atoms with van der Waals surface area (Å²) in [5, 5.41) is 0. The summed E-state index contributed by atoms with van der Waals surface area (Å²) in [7, 11) is 0. The highest BCUT2D eigenvalue weighted by Crippen LogP contribution is 2.26. The molecule has 0 aliphatic rings. The Balaban J connectivity index is 3.10. The molecular weight excluding hydrogens is 162 g/mol. The van der Waals surface area contributed by atoms with E-state index < -0.39 is 0 Å². The fourth-order valence-corrected chi connectivity index (χ4v) is 1.50. The molecule has 0 fully saturated rings. The van der Waals surface area contributed by atoms with Crippen LogP contribution in [0.5, 0.6) is 5.88 Å². The largest absolute Gasteiger partial charge is 0.478 e. The maximum atomic E-state index is 5.47. The molecule has 72 valence electrons. The van der Waals surface area contributed by atoms with Crippen LogP contribution in [-0.4, -0.2) is 11.6 Å². The van der Waals surface area contributed by atoms with Crippen molar-refractivity contribution in [2.75, 3.05) is 6.61 Å². The SMILES string of the molecule is CCOc1nccc(C)c1C(C)C. The van der Waals surface area contributed by atoms with Crippen LogP contribution in [0.3, 0.4) is 0 Å². The molecule has 0 spiro atoms. The molecule has 0 saturated carbocycles. The summed E-state index contributed by atoms with van der Waals surface area (Å²) in [5.74, 6) is 1.26. The van der Waals surface area contributed by atoms with Crippen LogP contribution in [0.2, 0.25) is 0 Å². The van der Waals surface area contributed by atoms with Gasteiger partial charge in [-0.2, -0.15) is 0 Å². The van der Waals surface area contributed by atoms with E-state index in [1.807, 2.05) is 13.0 Å². The molecule has 1 heterocycles. The third-order valence-corrected chi connectivity index (χ3v) is 2.03. The third-order valence-electron chi connectivity index (χ3n) is 2.03. The topological polar surface area (TPSA) is 22.1 Å². The van der Waals surface area contributed by atoms with Gasteiger partial charge in [0.05, 0.1) is 6.61 Å². The molecule has 2 nitrogen and oxygen atoms in total. The summed E-state index contributed by atoms with van der Waals surface area (Å²) >= 11 is 0. The van der Waals surface area contributed by atoms with Gasteiger partial charge >= 0.3 is 0 Å². The molecule has 1 rings (SSSR count). The first-order chi connectivity index (χ1) is 6.16. The molecule has 2 heteroatoms. The van der Waals surface area contributed by atoms with Crippen LogP contribution in [0.1, 0.15) is 37.8 Å². The molecule has 0 bridgehead atoms. The minimum Gasteiger partial charge on any atom is -0.478 e. The van der Waals surface area contributed by atoms with Crippen molar-refractivity contribution in [1.82, 2.24) is 4.98 Å². The second kappa shape index (κ2) is 4.26. The molecule has 0 aliphatic carbocycles. The Kier molecular flexibility index (Phi) is 3.29. The van der Waals surface area contributed by atoms with Crippen LogP contribution in [-0.2, 0) is 0 Å². The van der Waals surface area contributed by atoms with E-state index in [2.05, 4.69) is 25.8 Å². The molecule has 0 N–H and O–H groups in total. The first-order valence-electron chi connectivity index (χ1n) is 4.75. The van der Waals surface area contributed by atoms with E-state index in [1.54, 1.807) is 6.20 Å². The lowest BCUT2D eigenvalue weighted by molar-refractivity contribution is 0.321. The van der Waals surface area contributed by atoms with Gasteiger partial charge in [0.15, 0.2) is 0 Å². The van der Waals surface area contributed by atoms with E-state index in [0.717, 1.165) is 5.88 Å². The monoisotopic (exact) mass is 179 g/mol. The van der Waals surface area contributed by atoms with Crippen molar-refractivity contribution in [2.24, 2.45) is 0 Å². The van der Waals surface area contributed by atoms with Crippen LogP contribution < -0.4 is 4.74 Å². The Hall–Kier alpha value is -1.05. The van der Waals surface area contributed by atoms with Gasteiger partial charge in [-0.3, -0.25) is 0 Å². The van der Waals surface area contributed by atoms with Crippen LogP contribution in [0.25, 0.3) is 0 Å². The number of aryl methyl sites for hydroxylation is 1. The van der Waals surface area contributed by atoms with Crippen molar-refractivity contribution in [1.29, 1.82) is 0 Å². The van der Waals surface area contributed by atoms with Gasteiger partial charge in [0.2, 0.25) is 5.88 Å². The van der Waals surface area contributed by atoms with Crippen LogP contribution in [0.15, 0.2) is 12.3 Å². The fourth-order valence-electron chi connectivity index (χ4n) is 1.50. The van der Waals surface area contributed by atoms with Gasteiger partial charge in [0.25, 0.3) is 0 Å². The Morgan fingerprint density at radius 3 is 2.69 bits per heavy atom. The van der Waals surface area contributed by atoms with E-state index in [9.17, 15) is 0 Å². The molecule has 0 unspecified atom stereocenters. The lowest BCUT2D eigenvalue weighted by Gasteiger charge is -2.13. The van der Waals surface area contributed by atoms with E-state index >= 15 is 0 Å². The van der Waals surface area contributed by atoms with E-state index in [1.165, 1.54) is 11.1 Å². The minimum atomic E-state index is 0.468. The summed E-state index contributed by atoms with van der Waals surface area (Å²) < 4.78 is 5.47. The number of hydrogen-bond donors (Lipinski definition) is 0. The molecule has 0 aromatic carbocycles. The molecule has 13 heavy (non-hydrogen) atoms. The van der Waals surface area contributed by atoms with Gasteiger partial charge in [-0.25, -0.2) is 4.98 Å². The van der Waals surface area contributed by atoms with Crippen molar-refractivity contribution in [3.63, 3.8) is 0 Å². The van der Waals surface area contributed by atoms with Gasteiger partial charge in [0, 0.05) is 11.8 Å². The zero-order chi connectivity index (χ0) is 9.84. The fraction of sp³-hybridized carbons (Fsp3) is 0.545. The predicted octanol–water partition coefficient (Wildman–Crippen LogP) is 2.91. The second-order valence-corrected chi connectivity index (χ2v) is 3.43. The zero-order valence-corrected chi connectivity index (χ0v) is 8.79. The molecule has 0 saturated heterocycles. The Bertz CT molecular complexity index is 281. The number of hydrogen-bond acceptors (Lipinski definition) is 2. The first-order valence-corrected chi connectivity index (χ1v) is 4.75. The zero-order valence-electron chi connectivity index (χ0n) is 8.79. The van der Waals surface area contributed by atoms with Gasteiger partial charge in [-0.1, -0.05) is 13.8 Å². The molecule has 1 aromatic heterocycles. The highest BCUT2D eigenvalue weighted by Gasteiger charge is 2.10. The summed E-state index contributed by atoms with van der Waals surface area (Å²) in [6.07, 6.45) is 1.80. The Morgan fingerprint density at radius 2 is 2.15 bits per heavy atom. The van der Waals surface area contributed by atoms with Crippen molar-refractivity contribution >= 4 is 0 Å². The predicted molar refractivity (Wildman–Crippen MR) is 54.2 cm³/mol. The standard InChI is InChI=1S/C11H17NO/c1-5-13-11-10(8(2)3)9(4)6-7-12-11/h6-8H,5H2,1-4H3. The number of ether oxygens (including phenoxy) is 1. The van der Waals surface area contributed by atoms with Crippen molar-refractivity contribution in [2.45, 2.75) is 33.6 Å². The van der Waals surface area contributed by atoms with E-state index in [-0.39, 0.29) is 0 Å². The smallest absolute Gasteiger partial charge is 0.217 e. The van der Waals surface area contributed by atoms with Crippen LogP contribution >= 0.6 is 0 Å². The number of aromatic nitrogens is 1. The molecule has 0 atom stereocenters. The maximum absolute atomic E-state index is 5.47. The molecule has 0 amide bonds. The number of nitrogens with zero attached hydrogens (tertiary/aromatic N) is 1. The lowest BCUT2D eigenvalue weighted by atomic mass is 10.00. The van der Waals surface area contributed by atoms with Gasteiger partial charge in [0.1, 0.15) is 0 Å². The molecule has 0 radical (unpaired) electrons. The number of rotatable bonds is 3. The summed E-state index contributed by atoms with van der Waals surface area (Å²) in [6, 6.07) is 2.03. The van der Waals surface area contributed by atoms with E-state index in [0.29, 0.717) is 12.5 Å². The van der Waals surface area contributed by atoms with Crippen molar-refractivity contribution < 1.29 is 4.74 Å².